The molecule has 0 aromatic heterocycles. The van der Waals surface area contributed by atoms with Crippen LogP contribution in [-0.2, 0) is 0 Å². The van der Waals surface area contributed by atoms with Crippen LogP contribution in [0.25, 0.3) is 0 Å². The summed E-state index contributed by atoms with van der Waals surface area (Å²) in [6.07, 6.45) is 0. The van der Waals surface area contributed by atoms with Crippen molar-refractivity contribution in [3.63, 3.8) is 0 Å². The van der Waals surface area contributed by atoms with Gasteiger partial charge < -0.3 is 0 Å². The Balaban J connectivity index is 2.54. The minimum absolute atomic E-state index is 0.990. The second-order valence-electron chi connectivity index (χ2n) is 0.653. The van der Waals surface area contributed by atoms with E-state index in [-0.39, 0.29) is 0 Å². The van der Waals surface area contributed by atoms with E-state index in [9.17, 15) is 0 Å². The van der Waals surface area contributed by atoms with Gasteiger partial charge in [-0.15, -0.1) is 0 Å². The average molecular weight is 203 g/mol. The van der Waals surface area contributed by atoms with Crippen molar-refractivity contribution in [3.8, 4) is 0 Å². The molecule has 0 atom stereocenters. The van der Waals surface area contributed by atoms with E-state index in [1.54, 1.807) is 2.52 Å². The van der Waals surface area contributed by atoms with Crippen LogP contribution in [-0.4, -0.2) is 9.06 Å². The first kappa shape index (κ1) is 6.04. The largest absolute Gasteiger partial charge is 0.195 e. The fourth-order valence-electron chi connectivity index (χ4n) is 0. The van der Waals surface area contributed by atoms with Gasteiger partial charge in [0.05, 0.1) is 0 Å². The molecular formula is C2H6INS. The predicted octanol–water partition coefficient (Wildman–Crippen LogP) is 1.50. The molecule has 32 valence electrons. The van der Waals surface area contributed by atoms with E-state index >= 15 is 0 Å². The Kier molecular flexibility index (Phi) is 3.91. The van der Waals surface area contributed by atoms with E-state index in [1.807, 2.05) is 6.92 Å². The van der Waals surface area contributed by atoms with Crippen LogP contribution in [0.1, 0.15) is 6.92 Å². The van der Waals surface area contributed by atoms with Crippen molar-refractivity contribution >= 4 is 35.7 Å². The third kappa shape index (κ3) is 5.04. The molecule has 0 saturated carbocycles. The monoisotopic (exact) mass is 203 g/mol. The zero-order chi connectivity index (χ0) is 4.28. The summed E-state index contributed by atoms with van der Waals surface area (Å²) in [4.78, 5) is 0. The maximum atomic E-state index is 3.92. The summed E-state index contributed by atoms with van der Waals surface area (Å²) in [7, 11) is 0. The number of thiol groups is 1. The Hall–Kier alpha value is 1.04. The topological polar surface area (TPSA) is 3.24 Å². The normalized spacial score (nSPS) is 9.60. The minimum Gasteiger partial charge on any atom is -0.195 e. The van der Waals surface area contributed by atoms with E-state index in [2.05, 4.69) is 35.7 Å². The zero-order valence-electron chi connectivity index (χ0n) is 2.98. The van der Waals surface area contributed by atoms with Gasteiger partial charge in [-0.25, -0.2) is 0 Å². The Morgan fingerprint density at radius 3 is 2.20 bits per heavy atom. The Bertz CT molecular complexity index is 23.6. The SMILES string of the molecule is CCN(S)I. The van der Waals surface area contributed by atoms with E-state index < -0.39 is 0 Å². The van der Waals surface area contributed by atoms with Crippen molar-refractivity contribution in [2.45, 2.75) is 6.92 Å². The van der Waals surface area contributed by atoms with Crippen molar-refractivity contribution < 1.29 is 0 Å². The summed E-state index contributed by atoms with van der Waals surface area (Å²) >= 11 is 6.02. The fourth-order valence-corrected chi connectivity index (χ4v) is 0. The summed E-state index contributed by atoms with van der Waals surface area (Å²) < 4.78 is 1.79. The molecule has 0 N–H and O–H groups in total. The molecule has 0 unspecified atom stereocenters. The molecule has 1 nitrogen and oxygen atoms in total. The number of hydrogen-bond acceptors (Lipinski definition) is 2. The van der Waals surface area contributed by atoms with Gasteiger partial charge in [0.25, 0.3) is 0 Å². The number of halogens is 1. The molecule has 0 aliphatic rings. The third-order valence-corrected chi connectivity index (χ3v) is 1.23. The van der Waals surface area contributed by atoms with Crippen molar-refractivity contribution in [3.05, 3.63) is 0 Å². The lowest BCUT2D eigenvalue weighted by molar-refractivity contribution is 0.848. The van der Waals surface area contributed by atoms with Crippen LogP contribution in [0.15, 0.2) is 0 Å². The first-order valence-electron chi connectivity index (χ1n) is 1.39. The quantitative estimate of drug-likeness (QED) is 0.384. The maximum absolute atomic E-state index is 3.92. The first-order chi connectivity index (χ1) is 2.27. The van der Waals surface area contributed by atoms with E-state index in [0.29, 0.717) is 0 Å². The van der Waals surface area contributed by atoms with Crippen LogP contribution in [0, 0.1) is 0 Å². The molecule has 3 heteroatoms. The molecule has 0 fully saturated rings. The number of nitrogens with zero attached hydrogens (tertiary/aromatic N) is 1. The smallest absolute Gasteiger partial charge is 0.0317 e. The third-order valence-electron chi connectivity index (χ3n) is 0.261. The van der Waals surface area contributed by atoms with Gasteiger partial charge in [0, 0.05) is 29.4 Å². The maximum Gasteiger partial charge on any atom is 0.0317 e. The number of rotatable bonds is 1. The van der Waals surface area contributed by atoms with Crippen molar-refractivity contribution in [2.75, 3.05) is 6.54 Å². The van der Waals surface area contributed by atoms with Gasteiger partial charge in [0.1, 0.15) is 0 Å². The molecule has 5 heavy (non-hydrogen) atoms. The highest BCUT2D eigenvalue weighted by Crippen LogP contribution is 1.97. The minimum atomic E-state index is 0.990. The van der Waals surface area contributed by atoms with E-state index in [4.69, 9.17) is 0 Å². The summed E-state index contributed by atoms with van der Waals surface area (Å²) in [6, 6.07) is 0. The molecule has 0 amide bonds. The van der Waals surface area contributed by atoms with Gasteiger partial charge in [0.2, 0.25) is 0 Å². The van der Waals surface area contributed by atoms with E-state index in [0.717, 1.165) is 6.54 Å². The highest BCUT2D eigenvalue weighted by molar-refractivity contribution is 14.1. The molecule has 0 heterocycles. The fraction of sp³-hybridized carbons (Fsp3) is 1.00. The van der Waals surface area contributed by atoms with Crippen molar-refractivity contribution in [2.24, 2.45) is 0 Å². The lowest BCUT2D eigenvalue weighted by Crippen LogP contribution is -1.90. The van der Waals surface area contributed by atoms with Gasteiger partial charge in [-0.1, -0.05) is 19.7 Å². The van der Waals surface area contributed by atoms with Gasteiger partial charge in [-0.3, -0.25) is 0 Å². The summed E-state index contributed by atoms with van der Waals surface area (Å²) in [5.41, 5.74) is 0. The standard InChI is InChI=1S/C2H6INS/c1-2-4(3)5/h5H,2H2,1H3. The Morgan fingerprint density at radius 2 is 2.20 bits per heavy atom. The molecule has 0 saturated heterocycles. The van der Waals surface area contributed by atoms with Gasteiger partial charge in [0.15, 0.2) is 0 Å². The summed E-state index contributed by atoms with van der Waals surface area (Å²) in [5.74, 6) is 0. The molecule has 0 rings (SSSR count). The van der Waals surface area contributed by atoms with Crippen LogP contribution in [0.3, 0.4) is 0 Å². The molecule has 0 aromatic carbocycles. The highest BCUT2D eigenvalue weighted by Gasteiger charge is 1.76. The summed E-state index contributed by atoms with van der Waals surface area (Å²) in [5, 5.41) is 0. The molecule has 0 aliphatic carbocycles. The van der Waals surface area contributed by atoms with Crippen LogP contribution in [0.5, 0.6) is 0 Å². The highest BCUT2D eigenvalue weighted by atomic mass is 127. The molecular weight excluding hydrogens is 197 g/mol. The van der Waals surface area contributed by atoms with Gasteiger partial charge in [-0.2, -0.15) is 2.52 Å². The number of hydrogen-bond donors (Lipinski definition) is 1. The molecule has 0 spiro atoms. The van der Waals surface area contributed by atoms with Gasteiger partial charge in [-0.05, 0) is 0 Å². The lowest BCUT2D eigenvalue weighted by Gasteiger charge is -1.94. The average Bonchev–Trinajstić information content (AvgIpc) is 1.38. The zero-order valence-corrected chi connectivity index (χ0v) is 6.03. The van der Waals surface area contributed by atoms with Crippen molar-refractivity contribution in [1.29, 1.82) is 0 Å². The lowest BCUT2D eigenvalue weighted by atomic mass is 10.8. The molecule has 0 aromatic rings. The molecule has 0 bridgehead atoms. The van der Waals surface area contributed by atoms with Crippen molar-refractivity contribution in [1.82, 2.24) is 2.52 Å². The predicted molar refractivity (Wildman–Crippen MR) is 35.4 cm³/mol. The van der Waals surface area contributed by atoms with Crippen LogP contribution < -0.4 is 0 Å². The second-order valence-corrected chi connectivity index (χ2v) is 3.06. The molecule has 0 aliphatic heterocycles. The van der Waals surface area contributed by atoms with Crippen LogP contribution >= 0.6 is 35.7 Å². The van der Waals surface area contributed by atoms with E-state index in [1.165, 1.54) is 0 Å². The van der Waals surface area contributed by atoms with Gasteiger partial charge >= 0.3 is 0 Å². The van der Waals surface area contributed by atoms with Crippen LogP contribution in [0.2, 0.25) is 0 Å². The summed E-state index contributed by atoms with van der Waals surface area (Å²) in [6.45, 7) is 3.03. The Morgan fingerprint density at radius 1 is 2.00 bits per heavy atom. The van der Waals surface area contributed by atoms with Crippen LogP contribution in [0.4, 0.5) is 0 Å². The molecule has 0 radical (unpaired) electrons. The first-order valence-corrected chi connectivity index (χ1v) is 2.76. The Labute approximate surface area is 51.8 Å². The second kappa shape index (κ2) is 3.24.